The van der Waals surface area contributed by atoms with Crippen LogP contribution >= 0.6 is 0 Å². The average Bonchev–Trinajstić information content (AvgIpc) is 3.58. The van der Waals surface area contributed by atoms with E-state index in [1.54, 1.807) is 36.4 Å². The lowest BCUT2D eigenvalue weighted by molar-refractivity contribution is -0.387. The number of nitro benzene ring substituents is 1. The second-order valence-electron chi connectivity index (χ2n) is 8.99. The number of anilines is 2. The second kappa shape index (κ2) is 11.6. The van der Waals surface area contributed by atoms with Crippen molar-refractivity contribution in [1.82, 2.24) is 9.97 Å². The molecule has 2 heterocycles. The Morgan fingerprint density at radius 3 is 1.90 bits per heavy atom. The summed E-state index contributed by atoms with van der Waals surface area (Å²) in [5, 5.41) is 13.4. The molecule has 0 aliphatic carbocycles. The van der Waals surface area contributed by atoms with E-state index in [4.69, 9.17) is 14.6 Å². The van der Waals surface area contributed by atoms with Crippen molar-refractivity contribution in [2.24, 2.45) is 0 Å². The van der Waals surface area contributed by atoms with Gasteiger partial charge in [0.1, 0.15) is 11.0 Å². The monoisotopic (exact) mass is 579 g/mol. The third-order valence-electron chi connectivity index (χ3n) is 6.00. The van der Waals surface area contributed by atoms with Crippen LogP contribution in [0.15, 0.2) is 93.8 Å². The van der Waals surface area contributed by atoms with Crippen molar-refractivity contribution in [3.05, 3.63) is 101 Å². The molecule has 13 heteroatoms. The number of nitrogens with one attached hydrogen (secondary N) is 1. The first-order valence-corrected chi connectivity index (χ1v) is 12.4. The fourth-order valence-electron chi connectivity index (χ4n) is 3.97. The van der Waals surface area contributed by atoms with Gasteiger partial charge < -0.3 is 19.9 Å². The number of nitrogens with zero attached hydrogens (tertiary/aromatic N) is 3. The van der Waals surface area contributed by atoms with E-state index < -0.39 is 29.0 Å². The SMILES string of the molecule is Nc1cc(-c2nc3ccccc3o2)ccc1NCCC(F)(F)F.O=[N+]([O-])c1cc(-c2nc3ccccc3o2)ccc1F. The first-order chi connectivity index (χ1) is 20.1. The lowest BCUT2D eigenvalue weighted by Gasteiger charge is -2.11. The Bertz CT molecular complexity index is 1820. The Morgan fingerprint density at radius 1 is 0.833 bits per heavy atom. The summed E-state index contributed by atoms with van der Waals surface area (Å²) in [7, 11) is 0. The minimum atomic E-state index is -4.19. The van der Waals surface area contributed by atoms with Crippen LogP contribution < -0.4 is 11.1 Å². The van der Waals surface area contributed by atoms with Crippen LogP contribution in [0.3, 0.4) is 0 Å². The van der Waals surface area contributed by atoms with E-state index in [9.17, 15) is 27.7 Å². The van der Waals surface area contributed by atoms with Gasteiger partial charge in [0, 0.05) is 23.7 Å². The van der Waals surface area contributed by atoms with Crippen molar-refractivity contribution in [1.29, 1.82) is 0 Å². The van der Waals surface area contributed by atoms with E-state index in [1.807, 2.05) is 30.3 Å². The Hall–Kier alpha value is -5.46. The van der Waals surface area contributed by atoms with E-state index in [0.717, 1.165) is 17.6 Å². The zero-order valence-electron chi connectivity index (χ0n) is 21.6. The molecule has 9 nitrogen and oxygen atoms in total. The number of nitro groups is 1. The lowest BCUT2D eigenvalue weighted by Crippen LogP contribution is -2.15. The molecule has 6 rings (SSSR count). The van der Waals surface area contributed by atoms with Gasteiger partial charge >= 0.3 is 11.9 Å². The van der Waals surface area contributed by atoms with E-state index in [-0.39, 0.29) is 12.4 Å². The fraction of sp³-hybridized carbons (Fsp3) is 0.103. The van der Waals surface area contributed by atoms with Crippen LogP contribution in [0.25, 0.3) is 45.1 Å². The van der Waals surface area contributed by atoms with Crippen molar-refractivity contribution >= 4 is 39.3 Å². The number of halogens is 4. The predicted molar refractivity (Wildman–Crippen MR) is 149 cm³/mol. The van der Waals surface area contributed by atoms with E-state index in [2.05, 4.69) is 15.3 Å². The maximum Gasteiger partial charge on any atom is 0.390 e. The lowest BCUT2D eigenvalue weighted by atomic mass is 10.1. The van der Waals surface area contributed by atoms with E-state index in [1.165, 1.54) is 6.07 Å². The zero-order chi connectivity index (χ0) is 29.9. The van der Waals surface area contributed by atoms with Crippen molar-refractivity contribution in [3.63, 3.8) is 0 Å². The number of alkyl halides is 3. The van der Waals surface area contributed by atoms with Gasteiger partial charge in [0.15, 0.2) is 11.2 Å². The molecule has 6 aromatic rings. The van der Waals surface area contributed by atoms with Gasteiger partial charge in [-0.2, -0.15) is 17.6 Å². The number of hydrogen-bond acceptors (Lipinski definition) is 8. The molecule has 0 saturated heterocycles. The number of fused-ring (bicyclic) bond motifs is 2. The zero-order valence-corrected chi connectivity index (χ0v) is 21.6. The molecule has 3 N–H and O–H groups in total. The Morgan fingerprint density at radius 2 is 1.38 bits per heavy atom. The molecule has 214 valence electrons. The third kappa shape index (κ3) is 6.46. The molecule has 4 aromatic carbocycles. The highest BCUT2D eigenvalue weighted by Gasteiger charge is 2.26. The summed E-state index contributed by atoms with van der Waals surface area (Å²) in [5.41, 5.74) is 9.72. The highest BCUT2D eigenvalue weighted by atomic mass is 19.4. The Kier molecular flexibility index (Phi) is 7.74. The van der Waals surface area contributed by atoms with Gasteiger partial charge in [-0.3, -0.25) is 10.1 Å². The summed E-state index contributed by atoms with van der Waals surface area (Å²) in [4.78, 5) is 18.5. The molecule has 42 heavy (non-hydrogen) atoms. The number of nitrogens with two attached hydrogens (primary N) is 1. The maximum absolute atomic E-state index is 13.2. The van der Waals surface area contributed by atoms with E-state index >= 15 is 0 Å². The Labute approximate surface area is 234 Å². The molecule has 2 aromatic heterocycles. The van der Waals surface area contributed by atoms with Gasteiger partial charge in [-0.05, 0) is 54.6 Å². The average molecular weight is 580 g/mol. The molecule has 0 unspecified atom stereocenters. The molecular formula is C29H21F4N5O4. The standard InChI is InChI=1S/C16H14F3N3O.C13H7FN2O3/c17-16(18,19)7-8-21-12-6-5-10(9-11(12)20)15-22-13-3-1-2-4-14(13)23-15;14-9-6-5-8(7-11(9)16(17)18)13-15-10-3-1-2-4-12(10)19-13/h1-6,9,21H,7-8,20H2;1-7H. The molecule has 0 spiro atoms. The first kappa shape index (κ1) is 28.1. The summed E-state index contributed by atoms with van der Waals surface area (Å²) >= 11 is 0. The number of hydrogen-bond donors (Lipinski definition) is 2. The topological polar surface area (TPSA) is 133 Å². The summed E-state index contributed by atoms with van der Waals surface area (Å²) in [6.45, 7) is -0.226. The van der Waals surface area contributed by atoms with Crippen LogP contribution in [0.1, 0.15) is 6.42 Å². The maximum atomic E-state index is 13.2. The van der Waals surface area contributed by atoms with Gasteiger partial charge in [0.2, 0.25) is 17.6 Å². The minimum Gasteiger partial charge on any atom is -0.436 e. The van der Waals surface area contributed by atoms with E-state index in [0.29, 0.717) is 45.1 Å². The first-order valence-electron chi connectivity index (χ1n) is 12.4. The van der Waals surface area contributed by atoms with Crippen molar-refractivity contribution in [2.75, 3.05) is 17.6 Å². The molecular weight excluding hydrogens is 558 g/mol. The molecule has 0 atom stereocenters. The van der Waals surface area contributed by atoms with Gasteiger partial charge in [-0.1, -0.05) is 24.3 Å². The van der Waals surface area contributed by atoms with Gasteiger partial charge in [-0.15, -0.1) is 0 Å². The summed E-state index contributed by atoms with van der Waals surface area (Å²) < 4.78 is 60.8. The highest BCUT2D eigenvalue weighted by Crippen LogP contribution is 2.30. The molecule has 0 bridgehead atoms. The van der Waals surface area contributed by atoms with Crippen LogP contribution in [0.5, 0.6) is 0 Å². The van der Waals surface area contributed by atoms with Gasteiger partial charge in [-0.25, -0.2) is 9.97 Å². The van der Waals surface area contributed by atoms with Crippen molar-refractivity contribution in [3.8, 4) is 22.9 Å². The number of para-hydroxylation sites is 4. The van der Waals surface area contributed by atoms with Crippen LogP contribution in [-0.4, -0.2) is 27.6 Å². The smallest absolute Gasteiger partial charge is 0.390 e. The molecule has 0 amide bonds. The number of nitrogen functional groups attached to an aromatic ring is 1. The molecule has 0 radical (unpaired) electrons. The van der Waals surface area contributed by atoms with Crippen molar-refractivity contribution in [2.45, 2.75) is 12.6 Å². The molecule has 0 fully saturated rings. The van der Waals surface area contributed by atoms with Crippen LogP contribution in [0, 0.1) is 15.9 Å². The quantitative estimate of drug-likeness (QED) is 0.0878. The van der Waals surface area contributed by atoms with Crippen LogP contribution in [-0.2, 0) is 0 Å². The number of aromatic nitrogens is 2. The summed E-state index contributed by atoms with van der Waals surface area (Å²) in [6.07, 6.45) is -5.11. The molecule has 0 saturated carbocycles. The van der Waals surface area contributed by atoms with Crippen LogP contribution in [0.2, 0.25) is 0 Å². The molecule has 0 aliphatic heterocycles. The largest absolute Gasteiger partial charge is 0.436 e. The number of rotatable bonds is 6. The van der Waals surface area contributed by atoms with Crippen molar-refractivity contribution < 1.29 is 31.3 Å². The normalized spacial score (nSPS) is 11.3. The number of oxazole rings is 2. The van der Waals surface area contributed by atoms with Gasteiger partial charge in [0.25, 0.3) is 0 Å². The minimum absolute atomic E-state index is 0.226. The van der Waals surface area contributed by atoms with Gasteiger partial charge in [0.05, 0.1) is 22.7 Å². The second-order valence-corrected chi connectivity index (χ2v) is 8.99. The molecule has 0 aliphatic rings. The highest BCUT2D eigenvalue weighted by molar-refractivity contribution is 5.79. The fourth-order valence-corrected chi connectivity index (χ4v) is 3.97. The summed E-state index contributed by atoms with van der Waals surface area (Å²) in [6, 6.07) is 22.9. The predicted octanol–water partition coefficient (Wildman–Crippen LogP) is 7.98. The third-order valence-corrected chi connectivity index (χ3v) is 6.00. The van der Waals surface area contributed by atoms with Crippen LogP contribution in [0.4, 0.5) is 34.6 Å². The Balaban J connectivity index is 0.000000171. The number of benzene rings is 4. The summed E-state index contributed by atoms with van der Waals surface area (Å²) in [5.74, 6) is -0.242.